The highest BCUT2D eigenvalue weighted by Gasteiger charge is 2.20. The standard InChI is InChI=1S/C10H7Cl2N5O3/c1-16-10(13-4-14-16)15-9(18)6-2-5(17(19)20)3-7(11)8(6)12/h2-4H,1H3,(H,13,14,15,18). The number of nitro groups is 1. The maximum absolute atomic E-state index is 12.1. The number of hydrogen-bond acceptors (Lipinski definition) is 5. The Balaban J connectivity index is 2.39. The average molecular weight is 316 g/mol. The molecule has 0 atom stereocenters. The maximum Gasteiger partial charge on any atom is 0.271 e. The topological polar surface area (TPSA) is 103 Å². The molecule has 0 fully saturated rings. The Labute approximate surface area is 122 Å². The normalized spacial score (nSPS) is 10.3. The molecule has 1 heterocycles. The summed E-state index contributed by atoms with van der Waals surface area (Å²) in [5.41, 5.74) is -0.448. The summed E-state index contributed by atoms with van der Waals surface area (Å²) in [6.07, 6.45) is 1.25. The van der Waals surface area contributed by atoms with Crippen LogP contribution >= 0.6 is 23.2 Å². The second-order valence-electron chi connectivity index (χ2n) is 3.71. The van der Waals surface area contributed by atoms with Crippen LogP contribution in [0.25, 0.3) is 0 Å². The van der Waals surface area contributed by atoms with Crippen LogP contribution in [0.3, 0.4) is 0 Å². The molecule has 20 heavy (non-hydrogen) atoms. The van der Waals surface area contributed by atoms with Crippen molar-refractivity contribution in [3.05, 3.63) is 44.2 Å². The number of nitro benzene ring substituents is 1. The number of amides is 1. The zero-order valence-electron chi connectivity index (χ0n) is 10.0. The molecule has 0 aliphatic heterocycles. The molecule has 1 N–H and O–H groups in total. The van der Waals surface area contributed by atoms with E-state index in [2.05, 4.69) is 15.4 Å². The number of hydrogen-bond donors (Lipinski definition) is 1. The Hall–Kier alpha value is -2.19. The van der Waals surface area contributed by atoms with Gasteiger partial charge in [0.2, 0.25) is 5.95 Å². The van der Waals surface area contributed by atoms with E-state index in [-0.39, 0.29) is 27.2 Å². The van der Waals surface area contributed by atoms with Gasteiger partial charge in [-0.25, -0.2) is 4.68 Å². The molecule has 1 aromatic carbocycles. The second-order valence-corrected chi connectivity index (χ2v) is 4.49. The monoisotopic (exact) mass is 315 g/mol. The van der Waals surface area contributed by atoms with Gasteiger partial charge in [-0.05, 0) is 0 Å². The SMILES string of the molecule is Cn1ncnc1NC(=O)c1cc([N+](=O)[O-])cc(Cl)c1Cl. The quantitative estimate of drug-likeness (QED) is 0.691. The Kier molecular flexibility index (Phi) is 3.86. The number of carbonyl (C=O) groups is 1. The van der Waals surface area contributed by atoms with E-state index in [1.165, 1.54) is 11.0 Å². The molecule has 0 spiro atoms. The first kappa shape index (κ1) is 14.2. The smallest absolute Gasteiger partial charge is 0.271 e. The van der Waals surface area contributed by atoms with Crippen LogP contribution in [-0.4, -0.2) is 25.6 Å². The third-order valence-electron chi connectivity index (χ3n) is 2.41. The fourth-order valence-electron chi connectivity index (χ4n) is 1.42. The highest BCUT2D eigenvalue weighted by atomic mass is 35.5. The molecule has 0 unspecified atom stereocenters. The van der Waals surface area contributed by atoms with Crippen molar-refractivity contribution in [2.24, 2.45) is 7.05 Å². The highest BCUT2D eigenvalue weighted by molar-refractivity contribution is 6.44. The average Bonchev–Trinajstić information content (AvgIpc) is 2.77. The van der Waals surface area contributed by atoms with Crippen LogP contribution in [0.4, 0.5) is 11.6 Å². The highest BCUT2D eigenvalue weighted by Crippen LogP contribution is 2.31. The van der Waals surface area contributed by atoms with E-state index in [0.29, 0.717) is 0 Å². The molecule has 0 aliphatic carbocycles. The van der Waals surface area contributed by atoms with Gasteiger partial charge in [0.05, 0.1) is 20.5 Å². The summed E-state index contributed by atoms with van der Waals surface area (Å²) >= 11 is 11.7. The number of carbonyl (C=O) groups excluding carboxylic acids is 1. The van der Waals surface area contributed by atoms with Crippen molar-refractivity contribution < 1.29 is 9.72 Å². The number of rotatable bonds is 3. The number of nitrogens with zero attached hydrogens (tertiary/aromatic N) is 4. The maximum atomic E-state index is 12.1. The zero-order chi connectivity index (χ0) is 14.9. The van der Waals surface area contributed by atoms with Gasteiger partial charge in [0.1, 0.15) is 6.33 Å². The molecule has 1 amide bonds. The van der Waals surface area contributed by atoms with E-state index in [1.807, 2.05) is 0 Å². The summed E-state index contributed by atoms with van der Waals surface area (Å²) in [6.45, 7) is 0. The van der Waals surface area contributed by atoms with Gasteiger partial charge in [-0.15, -0.1) is 0 Å². The predicted octanol–water partition coefficient (Wildman–Crippen LogP) is 2.28. The van der Waals surface area contributed by atoms with E-state index >= 15 is 0 Å². The lowest BCUT2D eigenvalue weighted by atomic mass is 10.2. The molecule has 2 rings (SSSR count). The van der Waals surface area contributed by atoms with E-state index in [4.69, 9.17) is 23.2 Å². The second kappa shape index (κ2) is 5.43. The van der Waals surface area contributed by atoms with E-state index < -0.39 is 10.8 Å². The van der Waals surface area contributed by atoms with Gasteiger partial charge < -0.3 is 0 Å². The van der Waals surface area contributed by atoms with Gasteiger partial charge >= 0.3 is 0 Å². The van der Waals surface area contributed by atoms with Crippen molar-refractivity contribution in [1.82, 2.24) is 14.8 Å². The Morgan fingerprint density at radius 2 is 2.15 bits per heavy atom. The first-order valence-corrected chi connectivity index (χ1v) is 5.94. The first-order chi connectivity index (χ1) is 9.40. The van der Waals surface area contributed by atoms with Crippen molar-refractivity contribution in [1.29, 1.82) is 0 Å². The molecule has 0 saturated heterocycles. The lowest BCUT2D eigenvalue weighted by Gasteiger charge is -2.07. The Bertz CT molecular complexity index is 700. The summed E-state index contributed by atoms with van der Waals surface area (Å²) in [4.78, 5) is 25.9. The summed E-state index contributed by atoms with van der Waals surface area (Å²) in [7, 11) is 1.57. The third kappa shape index (κ3) is 2.70. The van der Waals surface area contributed by atoms with Crippen LogP contribution < -0.4 is 5.32 Å². The summed E-state index contributed by atoms with van der Waals surface area (Å²) in [5, 5.41) is 16.8. The number of aryl methyl sites for hydroxylation is 1. The van der Waals surface area contributed by atoms with Crippen LogP contribution in [0.2, 0.25) is 10.0 Å². The van der Waals surface area contributed by atoms with Crippen LogP contribution in [0.15, 0.2) is 18.5 Å². The number of halogens is 2. The van der Waals surface area contributed by atoms with Crippen molar-refractivity contribution in [2.75, 3.05) is 5.32 Å². The van der Waals surface area contributed by atoms with E-state index in [1.54, 1.807) is 7.05 Å². The largest absolute Gasteiger partial charge is 0.291 e. The first-order valence-electron chi connectivity index (χ1n) is 5.19. The number of non-ortho nitro benzene ring substituents is 1. The Morgan fingerprint density at radius 1 is 1.45 bits per heavy atom. The summed E-state index contributed by atoms with van der Waals surface area (Å²) < 4.78 is 1.32. The van der Waals surface area contributed by atoms with Crippen LogP contribution in [0.1, 0.15) is 10.4 Å². The van der Waals surface area contributed by atoms with Gasteiger partial charge in [0.15, 0.2) is 0 Å². The van der Waals surface area contributed by atoms with Gasteiger partial charge in [-0.2, -0.15) is 10.1 Å². The van der Waals surface area contributed by atoms with Crippen molar-refractivity contribution in [3.63, 3.8) is 0 Å². The molecule has 1 aromatic heterocycles. The van der Waals surface area contributed by atoms with E-state index in [0.717, 1.165) is 12.1 Å². The molecule has 0 bridgehead atoms. The van der Waals surface area contributed by atoms with Gasteiger partial charge in [-0.1, -0.05) is 23.2 Å². The number of anilines is 1. The molecule has 10 heteroatoms. The number of aromatic nitrogens is 3. The Morgan fingerprint density at radius 3 is 2.70 bits per heavy atom. The molecule has 0 saturated carbocycles. The molecular formula is C10H7Cl2N5O3. The lowest BCUT2D eigenvalue weighted by Crippen LogP contribution is -2.16. The molecule has 104 valence electrons. The summed E-state index contributed by atoms with van der Waals surface area (Å²) in [5.74, 6) is -0.495. The van der Waals surface area contributed by atoms with Gasteiger partial charge in [0.25, 0.3) is 11.6 Å². The van der Waals surface area contributed by atoms with Crippen LogP contribution in [0.5, 0.6) is 0 Å². The van der Waals surface area contributed by atoms with E-state index in [9.17, 15) is 14.9 Å². The molecule has 8 nitrogen and oxygen atoms in total. The molecule has 2 aromatic rings. The lowest BCUT2D eigenvalue weighted by molar-refractivity contribution is -0.384. The van der Waals surface area contributed by atoms with Crippen molar-refractivity contribution >= 4 is 40.7 Å². The molecule has 0 aliphatic rings. The summed E-state index contributed by atoms with van der Waals surface area (Å²) in [6, 6.07) is 2.11. The fraction of sp³-hybridized carbons (Fsp3) is 0.100. The predicted molar refractivity (Wildman–Crippen MR) is 72.1 cm³/mol. The van der Waals surface area contributed by atoms with Crippen LogP contribution in [-0.2, 0) is 7.05 Å². The van der Waals surface area contributed by atoms with Crippen molar-refractivity contribution in [3.8, 4) is 0 Å². The molecule has 0 radical (unpaired) electrons. The van der Waals surface area contributed by atoms with Crippen LogP contribution in [0, 0.1) is 10.1 Å². The van der Waals surface area contributed by atoms with Gasteiger partial charge in [-0.3, -0.25) is 20.2 Å². The molecular weight excluding hydrogens is 309 g/mol. The minimum atomic E-state index is -0.670. The number of benzene rings is 1. The van der Waals surface area contributed by atoms with Gasteiger partial charge in [0, 0.05) is 19.2 Å². The fourth-order valence-corrected chi connectivity index (χ4v) is 1.83. The third-order valence-corrected chi connectivity index (χ3v) is 3.21. The minimum Gasteiger partial charge on any atom is -0.291 e. The number of nitrogens with one attached hydrogen (secondary N) is 1. The zero-order valence-corrected chi connectivity index (χ0v) is 11.5. The van der Waals surface area contributed by atoms with Crippen molar-refractivity contribution in [2.45, 2.75) is 0 Å². The minimum absolute atomic E-state index is 0.0723.